The van der Waals surface area contributed by atoms with Gasteiger partial charge in [0.25, 0.3) is 0 Å². The standard InChI is InChI=1S/C10H7F.CH4/c11-10-7-3-5-8-4-1-2-6-9(8)10;/h1-7H;1H4. The van der Waals surface area contributed by atoms with Crippen molar-refractivity contribution in [3.8, 4) is 0 Å². The van der Waals surface area contributed by atoms with Gasteiger partial charge in [0.05, 0.1) is 0 Å². The van der Waals surface area contributed by atoms with Crippen molar-refractivity contribution in [3.05, 3.63) is 48.3 Å². The summed E-state index contributed by atoms with van der Waals surface area (Å²) >= 11 is 0. The van der Waals surface area contributed by atoms with Gasteiger partial charge in [0.15, 0.2) is 0 Å². The average Bonchev–Trinajstić information content (AvgIpc) is 2.06. The minimum atomic E-state index is -0.150. The van der Waals surface area contributed by atoms with Crippen LogP contribution in [0.1, 0.15) is 7.43 Å². The maximum atomic E-state index is 13.0. The van der Waals surface area contributed by atoms with Crippen LogP contribution in [0.5, 0.6) is 0 Å². The topological polar surface area (TPSA) is 0 Å². The molecule has 2 aromatic rings. The maximum Gasteiger partial charge on any atom is 0.131 e. The van der Waals surface area contributed by atoms with Gasteiger partial charge in [-0.15, -0.1) is 0 Å². The molecule has 0 saturated carbocycles. The zero-order valence-corrected chi connectivity index (χ0v) is 5.92. The minimum absolute atomic E-state index is 0. The first-order valence-corrected chi connectivity index (χ1v) is 3.51. The molecule has 0 spiro atoms. The Hall–Kier alpha value is -1.37. The Morgan fingerprint density at radius 1 is 0.833 bits per heavy atom. The van der Waals surface area contributed by atoms with E-state index in [1.807, 2.05) is 24.3 Å². The summed E-state index contributed by atoms with van der Waals surface area (Å²) in [4.78, 5) is 0. The van der Waals surface area contributed by atoms with Crippen LogP contribution in [0.2, 0.25) is 0 Å². The molecule has 0 aliphatic rings. The number of benzene rings is 2. The molecule has 0 bridgehead atoms. The van der Waals surface area contributed by atoms with Gasteiger partial charge in [-0.3, -0.25) is 0 Å². The number of rotatable bonds is 0. The highest BCUT2D eigenvalue weighted by Gasteiger charge is 1.95. The largest absolute Gasteiger partial charge is 0.206 e. The van der Waals surface area contributed by atoms with E-state index in [1.165, 1.54) is 6.07 Å². The van der Waals surface area contributed by atoms with Crippen LogP contribution in [-0.2, 0) is 0 Å². The lowest BCUT2D eigenvalue weighted by atomic mass is 10.1. The van der Waals surface area contributed by atoms with E-state index in [4.69, 9.17) is 0 Å². The van der Waals surface area contributed by atoms with E-state index in [-0.39, 0.29) is 13.2 Å². The highest BCUT2D eigenvalue weighted by atomic mass is 19.1. The number of hydrogen-bond acceptors (Lipinski definition) is 0. The Balaban J connectivity index is 0.000000720. The molecule has 2 aromatic carbocycles. The van der Waals surface area contributed by atoms with Crippen molar-refractivity contribution in [2.45, 2.75) is 7.43 Å². The number of fused-ring (bicyclic) bond motifs is 1. The van der Waals surface area contributed by atoms with E-state index in [1.54, 1.807) is 12.1 Å². The molecule has 0 atom stereocenters. The molecular formula is C11H11F. The molecule has 0 unspecified atom stereocenters. The maximum absolute atomic E-state index is 13.0. The van der Waals surface area contributed by atoms with Crippen LogP contribution in [0.4, 0.5) is 4.39 Å². The van der Waals surface area contributed by atoms with Gasteiger partial charge in [0.2, 0.25) is 0 Å². The average molecular weight is 162 g/mol. The Morgan fingerprint density at radius 3 is 2.25 bits per heavy atom. The molecule has 0 aliphatic heterocycles. The fourth-order valence-corrected chi connectivity index (χ4v) is 1.19. The molecule has 2 rings (SSSR count). The quantitative estimate of drug-likeness (QED) is 0.555. The summed E-state index contributed by atoms with van der Waals surface area (Å²) in [5, 5.41) is 1.64. The van der Waals surface area contributed by atoms with E-state index >= 15 is 0 Å². The highest BCUT2D eigenvalue weighted by molar-refractivity contribution is 5.82. The van der Waals surface area contributed by atoms with Crippen LogP contribution in [0.25, 0.3) is 10.8 Å². The van der Waals surface area contributed by atoms with Gasteiger partial charge < -0.3 is 0 Å². The van der Waals surface area contributed by atoms with Crippen LogP contribution in [-0.4, -0.2) is 0 Å². The number of hydrogen-bond donors (Lipinski definition) is 0. The molecule has 12 heavy (non-hydrogen) atoms. The van der Waals surface area contributed by atoms with Crippen LogP contribution in [0.15, 0.2) is 42.5 Å². The smallest absolute Gasteiger partial charge is 0.131 e. The van der Waals surface area contributed by atoms with Crippen LogP contribution in [0, 0.1) is 5.82 Å². The van der Waals surface area contributed by atoms with Crippen LogP contribution < -0.4 is 0 Å². The van der Waals surface area contributed by atoms with Crippen LogP contribution in [0.3, 0.4) is 0 Å². The van der Waals surface area contributed by atoms with Gasteiger partial charge >= 0.3 is 0 Å². The van der Waals surface area contributed by atoms with Crippen LogP contribution >= 0.6 is 0 Å². The van der Waals surface area contributed by atoms with Gasteiger partial charge in [-0.1, -0.05) is 43.8 Å². The van der Waals surface area contributed by atoms with E-state index < -0.39 is 0 Å². The molecule has 0 amide bonds. The lowest BCUT2D eigenvalue weighted by Crippen LogP contribution is -1.76. The van der Waals surface area contributed by atoms with Crippen molar-refractivity contribution in [2.75, 3.05) is 0 Å². The summed E-state index contributed by atoms with van der Waals surface area (Å²) < 4.78 is 13.0. The summed E-state index contributed by atoms with van der Waals surface area (Å²) in [5.41, 5.74) is 0. The Bertz CT molecular complexity index is 374. The first-order valence-electron chi connectivity index (χ1n) is 3.51. The molecule has 62 valence electrons. The van der Waals surface area contributed by atoms with E-state index in [9.17, 15) is 4.39 Å². The van der Waals surface area contributed by atoms with Crippen molar-refractivity contribution in [1.82, 2.24) is 0 Å². The first-order chi connectivity index (χ1) is 5.38. The third-order valence-electron chi connectivity index (χ3n) is 1.74. The molecular weight excluding hydrogens is 151 g/mol. The second kappa shape index (κ2) is 3.35. The van der Waals surface area contributed by atoms with Gasteiger partial charge in [-0.25, -0.2) is 4.39 Å². The fraction of sp³-hybridized carbons (Fsp3) is 0.0909. The monoisotopic (exact) mass is 162 g/mol. The molecule has 0 aromatic heterocycles. The summed E-state index contributed by atoms with van der Waals surface area (Å²) in [5.74, 6) is -0.150. The number of halogens is 1. The fourth-order valence-electron chi connectivity index (χ4n) is 1.19. The zero-order valence-electron chi connectivity index (χ0n) is 5.92. The molecule has 0 radical (unpaired) electrons. The molecule has 0 aliphatic carbocycles. The first kappa shape index (κ1) is 8.72. The van der Waals surface area contributed by atoms with Crippen molar-refractivity contribution in [2.24, 2.45) is 0 Å². The third-order valence-corrected chi connectivity index (χ3v) is 1.74. The third kappa shape index (κ3) is 1.30. The SMILES string of the molecule is C.Fc1cccc2ccccc12. The molecule has 1 heteroatoms. The molecule has 0 saturated heterocycles. The van der Waals surface area contributed by atoms with Crippen molar-refractivity contribution < 1.29 is 4.39 Å². The van der Waals surface area contributed by atoms with E-state index in [0.29, 0.717) is 5.39 Å². The van der Waals surface area contributed by atoms with Gasteiger partial charge in [-0.2, -0.15) is 0 Å². The molecule has 0 nitrogen and oxygen atoms in total. The Kier molecular flexibility index (Phi) is 2.44. The van der Waals surface area contributed by atoms with Crippen molar-refractivity contribution >= 4 is 10.8 Å². The lowest BCUT2D eigenvalue weighted by molar-refractivity contribution is 0.640. The predicted molar refractivity (Wildman–Crippen MR) is 50.6 cm³/mol. The van der Waals surface area contributed by atoms with Gasteiger partial charge in [0, 0.05) is 5.39 Å². The van der Waals surface area contributed by atoms with Gasteiger partial charge in [-0.05, 0) is 11.5 Å². The zero-order chi connectivity index (χ0) is 7.68. The van der Waals surface area contributed by atoms with E-state index in [2.05, 4.69) is 0 Å². The summed E-state index contributed by atoms with van der Waals surface area (Å²) in [6.45, 7) is 0. The Morgan fingerprint density at radius 2 is 1.50 bits per heavy atom. The summed E-state index contributed by atoms with van der Waals surface area (Å²) in [6.07, 6.45) is 0. The van der Waals surface area contributed by atoms with Crippen molar-refractivity contribution in [3.63, 3.8) is 0 Å². The predicted octanol–water partition coefficient (Wildman–Crippen LogP) is 3.62. The summed E-state index contributed by atoms with van der Waals surface area (Å²) in [7, 11) is 0. The molecule has 0 N–H and O–H groups in total. The van der Waals surface area contributed by atoms with E-state index in [0.717, 1.165) is 5.39 Å². The van der Waals surface area contributed by atoms with Gasteiger partial charge in [0.1, 0.15) is 5.82 Å². The second-order valence-electron chi connectivity index (χ2n) is 2.46. The second-order valence-corrected chi connectivity index (χ2v) is 2.46. The Labute approximate surface area is 71.6 Å². The lowest BCUT2D eigenvalue weighted by Gasteiger charge is -1.95. The highest BCUT2D eigenvalue weighted by Crippen LogP contribution is 2.15. The normalized spacial score (nSPS) is 9.42. The summed E-state index contributed by atoms with van der Waals surface area (Å²) in [6, 6.07) is 12.5. The molecule has 0 heterocycles. The van der Waals surface area contributed by atoms with Crippen molar-refractivity contribution in [1.29, 1.82) is 0 Å². The minimum Gasteiger partial charge on any atom is -0.206 e. The molecule has 0 fully saturated rings.